The highest BCUT2D eigenvalue weighted by atomic mass is 19.1. The monoisotopic (exact) mass is 297 g/mol. The number of hydrogen-bond acceptors (Lipinski definition) is 2. The van der Waals surface area contributed by atoms with Crippen molar-refractivity contribution in [2.45, 2.75) is 33.6 Å². The third-order valence-corrected chi connectivity index (χ3v) is 3.79. The minimum absolute atomic E-state index is 0.175. The molecule has 3 rings (SSSR count). The Morgan fingerprint density at radius 1 is 1.18 bits per heavy atom. The summed E-state index contributed by atoms with van der Waals surface area (Å²) in [5, 5.41) is 0. The van der Waals surface area contributed by atoms with Gasteiger partial charge in [0.25, 0.3) is 0 Å². The van der Waals surface area contributed by atoms with Gasteiger partial charge in [0.15, 0.2) is 0 Å². The number of pyridine rings is 1. The highest BCUT2D eigenvalue weighted by Crippen LogP contribution is 2.23. The Hall–Kier alpha value is -2.23. The molecule has 0 amide bonds. The Morgan fingerprint density at radius 2 is 2.00 bits per heavy atom. The quantitative estimate of drug-likeness (QED) is 0.718. The fourth-order valence-corrected chi connectivity index (χ4v) is 2.64. The largest absolute Gasteiger partial charge is 0.297 e. The first kappa shape index (κ1) is 14.7. The first-order valence-electron chi connectivity index (χ1n) is 7.69. The van der Waals surface area contributed by atoms with Gasteiger partial charge in [0.1, 0.15) is 12.1 Å². The summed E-state index contributed by atoms with van der Waals surface area (Å²) < 4.78 is 16.1. The second-order valence-electron chi connectivity index (χ2n) is 6.01. The van der Waals surface area contributed by atoms with E-state index in [-0.39, 0.29) is 5.82 Å². The Morgan fingerprint density at radius 3 is 2.64 bits per heavy atom. The van der Waals surface area contributed by atoms with E-state index < -0.39 is 0 Å². The van der Waals surface area contributed by atoms with Crippen LogP contribution < -0.4 is 0 Å². The van der Waals surface area contributed by atoms with Crippen molar-refractivity contribution in [3.63, 3.8) is 0 Å². The summed E-state index contributed by atoms with van der Waals surface area (Å²) in [4.78, 5) is 8.74. The Balaban J connectivity index is 2.09. The van der Waals surface area contributed by atoms with Crippen molar-refractivity contribution in [3.8, 4) is 5.69 Å². The predicted octanol–water partition coefficient (Wildman–Crippen LogP) is 4.32. The van der Waals surface area contributed by atoms with Crippen LogP contribution >= 0.6 is 0 Å². The van der Waals surface area contributed by atoms with E-state index in [1.807, 2.05) is 29.0 Å². The van der Waals surface area contributed by atoms with Crippen molar-refractivity contribution >= 4 is 11.0 Å². The molecule has 0 saturated heterocycles. The van der Waals surface area contributed by atoms with E-state index in [0.717, 1.165) is 35.3 Å². The van der Waals surface area contributed by atoms with E-state index in [2.05, 4.69) is 30.7 Å². The van der Waals surface area contributed by atoms with Crippen LogP contribution in [0, 0.1) is 11.7 Å². The summed E-state index contributed by atoms with van der Waals surface area (Å²) in [6.07, 6.45) is 5.20. The number of rotatable bonds is 4. The van der Waals surface area contributed by atoms with Gasteiger partial charge in [0, 0.05) is 11.8 Å². The fraction of sp³-hybridized carbons (Fsp3) is 0.333. The van der Waals surface area contributed by atoms with Gasteiger partial charge < -0.3 is 0 Å². The molecule has 0 aliphatic rings. The van der Waals surface area contributed by atoms with Gasteiger partial charge in [0.05, 0.1) is 22.9 Å². The fourth-order valence-electron chi connectivity index (χ4n) is 2.64. The average Bonchev–Trinajstić information content (AvgIpc) is 2.90. The van der Waals surface area contributed by atoms with Gasteiger partial charge >= 0.3 is 0 Å². The topological polar surface area (TPSA) is 30.7 Å². The molecule has 0 bridgehead atoms. The summed E-state index contributed by atoms with van der Waals surface area (Å²) >= 11 is 0. The van der Waals surface area contributed by atoms with Crippen molar-refractivity contribution in [1.82, 2.24) is 14.5 Å². The average molecular weight is 297 g/mol. The minimum atomic E-state index is -0.175. The van der Waals surface area contributed by atoms with Crippen molar-refractivity contribution in [2.24, 2.45) is 5.92 Å². The SMILES string of the molecule is CCc1ccc(-n2cnc3cc(F)c(CC(C)C)cc32)cn1. The number of halogens is 1. The Bertz CT molecular complexity index is 788. The molecular weight excluding hydrogens is 277 g/mol. The normalized spacial score (nSPS) is 11.5. The molecule has 0 radical (unpaired) electrons. The molecule has 0 spiro atoms. The molecule has 4 heteroatoms. The molecule has 0 aliphatic heterocycles. The number of aryl methyl sites for hydroxylation is 1. The maximum absolute atomic E-state index is 14.1. The van der Waals surface area contributed by atoms with Gasteiger partial charge in [0.2, 0.25) is 0 Å². The zero-order chi connectivity index (χ0) is 15.7. The van der Waals surface area contributed by atoms with Crippen molar-refractivity contribution < 1.29 is 4.39 Å². The van der Waals surface area contributed by atoms with Gasteiger partial charge in [-0.2, -0.15) is 0 Å². The molecule has 22 heavy (non-hydrogen) atoms. The second kappa shape index (κ2) is 5.87. The maximum atomic E-state index is 14.1. The van der Waals surface area contributed by atoms with Gasteiger partial charge in [-0.1, -0.05) is 20.8 Å². The van der Waals surface area contributed by atoms with Crippen molar-refractivity contribution in [1.29, 1.82) is 0 Å². The van der Waals surface area contributed by atoms with Crippen LogP contribution in [0.5, 0.6) is 0 Å². The molecular formula is C18H20FN3. The van der Waals surface area contributed by atoms with Crippen LogP contribution in [-0.4, -0.2) is 14.5 Å². The van der Waals surface area contributed by atoms with Gasteiger partial charge in [-0.25, -0.2) is 9.37 Å². The van der Waals surface area contributed by atoms with E-state index in [0.29, 0.717) is 11.4 Å². The number of hydrogen-bond donors (Lipinski definition) is 0. The van der Waals surface area contributed by atoms with Crippen molar-refractivity contribution in [3.05, 3.63) is 53.9 Å². The van der Waals surface area contributed by atoms with Crippen LogP contribution in [-0.2, 0) is 12.8 Å². The number of fused-ring (bicyclic) bond motifs is 1. The highest BCUT2D eigenvalue weighted by Gasteiger charge is 2.11. The Labute approximate surface area is 129 Å². The number of aromatic nitrogens is 3. The molecule has 0 N–H and O–H groups in total. The second-order valence-corrected chi connectivity index (χ2v) is 6.01. The van der Waals surface area contributed by atoms with E-state index in [4.69, 9.17) is 0 Å². The van der Waals surface area contributed by atoms with Crippen molar-refractivity contribution in [2.75, 3.05) is 0 Å². The third kappa shape index (κ3) is 2.73. The third-order valence-electron chi connectivity index (χ3n) is 3.79. The number of nitrogens with zero attached hydrogens (tertiary/aromatic N) is 3. The van der Waals surface area contributed by atoms with Crippen LogP contribution in [0.4, 0.5) is 4.39 Å². The van der Waals surface area contributed by atoms with E-state index in [1.165, 1.54) is 6.07 Å². The lowest BCUT2D eigenvalue weighted by molar-refractivity contribution is 0.575. The summed E-state index contributed by atoms with van der Waals surface area (Å²) in [7, 11) is 0. The molecule has 1 aromatic carbocycles. The van der Waals surface area contributed by atoms with Crippen LogP contribution in [0.2, 0.25) is 0 Å². The van der Waals surface area contributed by atoms with Crippen LogP contribution in [0.3, 0.4) is 0 Å². The zero-order valence-corrected chi connectivity index (χ0v) is 13.2. The minimum Gasteiger partial charge on any atom is -0.297 e. The molecule has 2 heterocycles. The summed E-state index contributed by atoms with van der Waals surface area (Å²) in [5.74, 6) is 0.236. The molecule has 2 aromatic heterocycles. The first-order valence-corrected chi connectivity index (χ1v) is 7.69. The van der Waals surface area contributed by atoms with Gasteiger partial charge in [-0.15, -0.1) is 0 Å². The highest BCUT2D eigenvalue weighted by molar-refractivity contribution is 5.78. The standard InChI is InChI=1S/C18H20FN3/c1-4-14-5-6-15(10-20-14)22-11-21-17-9-16(19)13(7-12(2)3)8-18(17)22/h5-6,8-12H,4,7H2,1-3H3. The van der Waals surface area contributed by atoms with E-state index in [1.54, 1.807) is 6.33 Å². The van der Waals surface area contributed by atoms with Crippen LogP contribution in [0.25, 0.3) is 16.7 Å². The molecule has 0 saturated carbocycles. The lowest BCUT2D eigenvalue weighted by atomic mass is 10.0. The number of benzene rings is 1. The lowest BCUT2D eigenvalue weighted by Crippen LogP contribution is -1.99. The Kier molecular flexibility index (Phi) is 3.92. The molecule has 0 atom stereocenters. The predicted molar refractivity (Wildman–Crippen MR) is 86.7 cm³/mol. The first-order chi connectivity index (χ1) is 10.6. The smallest absolute Gasteiger partial charge is 0.128 e. The van der Waals surface area contributed by atoms with E-state index in [9.17, 15) is 4.39 Å². The summed E-state index contributed by atoms with van der Waals surface area (Å²) in [6, 6.07) is 7.47. The van der Waals surface area contributed by atoms with E-state index >= 15 is 0 Å². The van der Waals surface area contributed by atoms with Crippen LogP contribution in [0.15, 0.2) is 36.8 Å². The summed E-state index contributed by atoms with van der Waals surface area (Å²) in [5.41, 5.74) is 4.33. The van der Waals surface area contributed by atoms with Gasteiger partial charge in [-0.05, 0) is 42.5 Å². The van der Waals surface area contributed by atoms with Gasteiger partial charge in [-0.3, -0.25) is 9.55 Å². The molecule has 114 valence electrons. The number of imidazole rings is 1. The molecule has 3 nitrogen and oxygen atoms in total. The molecule has 0 unspecified atom stereocenters. The zero-order valence-electron chi connectivity index (χ0n) is 13.2. The maximum Gasteiger partial charge on any atom is 0.128 e. The molecule has 3 aromatic rings. The molecule has 0 aliphatic carbocycles. The summed E-state index contributed by atoms with van der Waals surface area (Å²) in [6.45, 7) is 6.26. The van der Waals surface area contributed by atoms with Crippen LogP contribution in [0.1, 0.15) is 32.0 Å². The molecule has 0 fully saturated rings. The lowest BCUT2D eigenvalue weighted by Gasteiger charge is -2.09.